The van der Waals surface area contributed by atoms with Gasteiger partial charge in [0.25, 0.3) is 11.8 Å². The van der Waals surface area contributed by atoms with Crippen molar-refractivity contribution in [3.63, 3.8) is 0 Å². The highest BCUT2D eigenvalue weighted by Crippen LogP contribution is 2.34. The van der Waals surface area contributed by atoms with Crippen LogP contribution in [0.15, 0.2) is 54.2 Å². The van der Waals surface area contributed by atoms with Crippen molar-refractivity contribution < 1.29 is 19.1 Å². The molecular formula is C23H23ClN2O4. The summed E-state index contributed by atoms with van der Waals surface area (Å²) in [5.41, 5.74) is 2.27. The zero-order valence-corrected chi connectivity index (χ0v) is 17.5. The molecule has 0 aliphatic carbocycles. The predicted octanol–water partition coefficient (Wildman–Crippen LogP) is 3.35. The van der Waals surface area contributed by atoms with Crippen molar-refractivity contribution in [2.24, 2.45) is 0 Å². The van der Waals surface area contributed by atoms with Gasteiger partial charge < -0.3 is 14.4 Å². The molecule has 6 nitrogen and oxygen atoms in total. The van der Waals surface area contributed by atoms with Crippen molar-refractivity contribution in [3.8, 4) is 5.75 Å². The van der Waals surface area contributed by atoms with Gasteiger partial charge in [-0.1, -0.05) is 41.9 Å². The van der Waals surface area contributed by atoms with E-state index >= 15 is 0 Å². The van der Waals surface area contributed by atoms with Crippen LogP contribution in [0.2, 0.25) is 5.02 Å². The second-order valence-electron chi connectivity index (χ2n) is 7.07. The fourth-order valence-corrected chi connectivity index (χ4v) is 3.92. The molecule has 0 aromatic heterocycles. The number of hydrogen-bond acceptors (Lipinski definition) is 5. The normalized spacial score (nSPS) is 17.1. The smallest absolute Gasteiger partial charge is 0.278 e. The molecule has 0 N–H and O–H groups in total. The molecule has 1 saturated heterocycles. The Bertz CT molecular complexity index is 981. The highest BCUT2D eigenvalue weighted by molar-refractivity contribution is 6.35. The van der Waals surface area contributed by atoms with Crippen LogP contribution < -0.4 is 4.74 Å². The monoisotopic (exact) mass is 426 g/mol. The van der Waals surface area contributed by atoms with Crippen LogP contribution in [-0.4, -0.2) is 54.5 Å². The van der Waals surface area contributed by atoms with Crippen molar-refractivity contribution in [2.45, 2.75) is 13.5 Å². The lowest BCUT2D eigenvalue weighted by molar-refractivity contribution is -0.138. The number of ether oxygens (including phenoxy) is 2. The summed E-state index contributed by atoms with van der Waals surface area (Å²) in [5, 5.41) is 0.528. The van der Waals surface area contributed by atoms with Gasteiger partial charge in [0.1, 0.15) is 11.4 Å². The Kier molecular flexibility index (Phi) is 6.06. The van der Waals surface area contributed by atoms with Crippen LogP contribution in [0.4, 0.5) is 0 Å². The molecule has 2 aliphatic heterocycles. The van der Waals surface area contributed by atoms with E-state index in [0.29, 0.717) is 54.8 Å². The number of carbonyl (C=O) groups excluding carboxylic acids is 2. The molecule has 0 spiro atoms. The Hall–Kier alpha value is -2.83. The molecule has 2 aromatic rings. The molecule has 2 aromatic carbocycles. The lowest BCUT2D eigenvalue weighted by atomic mass is 10.0. The third-order valence-corrected chi connectivity index (χ3v) is 5.58. The molecule has 30 heavy (non-hydrogen) atoms. The van der Waals surface area contributed by atoms with E-state index in [-0.39, 0.29) is 18.4 Å². The summed E-state index contributed by atoms with van der Waals surface area (Å²) in [4.78, 5) is 30.0. The van der Waals surface area contributed by atoms with Crippen LogP contribution in [-0.2, 0) is 20.9 Å². The molecule has 1 fully saturated rings. The number of rotatable bonds is 6. The van der Waals surface area contributed by atoms with E-state index in [4.69, 9.17) is 21.1 Å². The van der Waals surface area contributed by atoms with E-state index in [0.717, 1.165) is 11.3 Å². The maximum atomic E-state index is 13.4. The first-order valence-corrected chi connectivity index (χ1v) is 10.4. The van der Waals surface area contributed by atoms with E-state index in [2.05, 4.69) is 0 Å². The number of halogens is 1. The minimum absolute atomic E-state index is 0.131. The summed E-state index contributed by atoms with van der Waals surface area (Å²) in [6.45, 7) is 4.77. The number of amides is 2. The second kappa shape index (κ2) is 8.90. The second-order valence-corrected chi connectivity index (χ2v) is 7.48. The lowest BCUT2D eigenvalue weighted by Gasteiger charge is -2.29. The highest BCUT2D eigenvalue weighted by atomic mass is 35.5. The average Bonchev–Trinajstić information content (AvgIpc) is 3.01. The molecule has 0 atom stereocenters. The van der Waals surface area contributed by atoms with Gasteiger partial charge in [-0.25, -0.2) is 0 Å². The van der Waals surface area contributed by atoms with Gasteiger partial charge in [-0.2, -0.15) is 0 Å². The Morgan fingerprint density at radius 1 is 1.00 bits per heavy atom. The van der Waals surface area contributed by atoms with Crippen molar-refractivity contribution in [1.82, 2.24) is 9.80 Å². The molecule has 2 amide bonds. The number of carbonyl (C=O) groups is 2. The van der Waals surface area contributed by atoms with E-state index in [9.17, 15) is 9.59 Å². The first-order valence-electron chi connectivity index (χ1n) is 10.00. The van der Waals surface area contributed by atoms with Crippen LogP contribution in [0.1, 0.15) is 18.1 Å². The summed E-state index contributed by atoms with van der Waals surface area (Å²) in [6, 6.07) is 14.5. The van der Waals surface area contributed by atoms with E-state index in [1.807, 2.05) is 54.3 Å². The number of nitrogens with zero attached hydrogens (tertiary/aromatic N) is 2. The average molecular weight is 427 g/mol. The van der Waals surface area contributed by atoms with Gasteiger partial charge in [0.15, 0.2) is 0 Å². The predicted molar refractivity (Wildman–Crippen MR) is 114 cm³/mol. The molecule has 156 valence electrons. The quantitative estimate of drug-likeness (QED) is 0.663. The van der Waals surface area contributed by atoms with E-state index in [1.165, 1.54) is 4.90 Å². The molecule has 2 heterocycles. The minimum atomic E-state index is -0.314. The number of hydrogen-bond donors (Lipinski definition) is 0. The summed E-state index contributed by atoms with van der Waals surface area (Å²) in [6.07, 6.45) is 0. The molecular weight excluding hydrogens is 404 g/mol. The molecule has 0 bridgehead atoms. The number of benzene rings is 2. The fourth-order valence-electron chi connectivity index (χ4n) is 3.73. The lowest BCUT2D eigenvalue weighted by Crippen LogP contribution is -2.40. The number of imide groups is 1. The summed E-state index contributed by atoms with van der Waals surface area (Å²) >= 11 is 6.28. The maximum Gasteiger partial charge on any atom is 0.278 e. The third kappa shape index (κ3) is 3.93. The first kappa shape index (κ1) is 20.4. The standard InChI is InChI=1S/C23H23ClN2O4/c1-2-30-18-9-7-16(8-10-18)20-21(25-11-13-29-14-12-25)23(28)26(22(20)27)15-17-5-3-4-6-19(17)24/h3-10H,2,11-15H2,1H3. The van der Waals surface area contributed by atoms with Crippen LogP contribution in [0.3, 0.4) is 0 Å². The highest BCUT2D eigenvalue weighted by Gasteiger charge is 2.42. The van der Waals surface area contributed by atoms with Crippen molar-refractivity contribution in [2.75, 3.05) is 32.9 Å². The summed E-state index contributed by atoms with van der Waals surface area (Å²) in [5.74, 6) is 0.107. The third-order valence-electron chi connectivity index (χ3n) is 5.21. The molecule has 0 radical (unpaired) electrons. The van der Waals surface area contributed by atoms with Gasteiger partial charge in [0.05, 0.1) is 31.9 Å². The van der Waals surface area contributed by atoms with Crippen LogP contribution in [0.25, 0.3) is 5.57 Å². The molecule has 0 saturated carbocycles. The van der Waals surface area contributed by atoms with Crippen LogP contribution in [0.5, 0.6) is 5.75 Å². The number of morpholine rings is 1. The van der Waals surface area contributed by atoms with Gasteiger partial charge in [-0.15, -0.1) is 0 Å². The van der Waals surface area contributed by atoms with Gasteiger partial charge >= 0.3 is 0 Å². The zero-order chi connectivity index (χ0) is 21.1. The van der Waals surface area contributed by atoms with E-state index < -0.39 is 0 Å². The van der Waals surface area contributed by atoms with Crippen molar-refractivity contribution in [1.29, 1.82) is 0 Å². The SMILES string of the molecule is CCOc1ccc(C2=C(N3CCOCC3)C(=O)N(Cc3ccccc3Cl)C2=O)cc1. The largest absolute Gasteiger partial charge is 0.494 e. The van der Waals surface area contributed by atoms with Crippen molar-refractivity contribution >= 4 is 29.0 Å². The van der Waals surface area contributed by atoms with Gasteiger partial charge in [0.2, 0.25) is 0 Å². The van der Waals surface area contributed by atoms with E-state index in [1.54, 1.807) is 6.07 Å². The first-order chi connectivity index (χ1) is 14.6. The molecule has 7 heteroatoms. The fraction of sp³-hybridized carbons (Fsp3) is 0.304. The minimum Gasteiger partial charge on any atom is -0.494 e. The Balaban J connectivity index is 1.71. The summed E-state index contributed by atoms with van der Waals surface area (Å²) < 4.78 is 10.9. The Morgan fingerprint density at radius 2 is 1.70 bits per heavy atom. The van der Waals surface area contributed by atoms with Gasteiger partial charge in [0, 0.05) is 18.1 Å². The van der Waals surface area contributed by atoms with Crippen LogP contribution >= 0.6 is 11.6 Å². The molecule has 4 rings (SSSR count). The zero-order valence-electron chi connectivity index (χ0n) is 16.8. The van der Waals surface area contributed by atoms with Gasteiger partial charge in [-0.3, -0.25) is 14.5 Å². The Labute approximate surface area is 180 Å². The maximum absolute atomic E-state index is 13.4. The van der Waals surface area contributed by atoms with Crippen molar-refractivity contribution in [3.05, 3.63) is 70.4 Å². The van der Waals surface area contributed by atoms with Crippen LogP contribution in [0, 0.1) is 0 Å². The molecule has 2 aliphatic rings. The molecule has 0 unspecified atom stereocenters. The van der Waals surface area contributed by atoms with Gasteiger partial charge in [-0.05, 0) is 36.2 Å². The summed E-state index contributed by atoms with van der Waals surface area (Å²) in [7, 11) is 0. The Morgan fingerprint density at radius 3 is 2.37 bits per heavy atom. The topological polar surface area (TPSA) is 59.1 Å².